The Balaban J connectivity index is 2.10. The molecule has 0 radical (unpaired) electrons. The van der Waals surface area contributed by atoms with Crippen molar-refractivity contribution in [3.05, 3.63) is 63.7 Å². The van der Waals surface area contributed by atoms with Gasteiger partial charge in [0.15, 0.2) is 0 Å². The van der Waals surface area contributed by atoms with E-state index in [0.717, 1.165) is 42.6 Å². The number of nitrogens with zero attached hydrogens (tertiary/aromatic N) is 1. The van der Waals surface area contributed by atoms with Crippen molar-refractivity contribution in [2.45, 2.75) is 79.7 Å². The first-order valence-corrected chi connectivity index (χ1v) is 12.1. The quantitative estimate of drug-likeness (QED) is 0.349. The van der Waals surface area contributed by atoms with E-state index in [1.807, 2.05) is 30.9 Å². The fourth-order valence-corrected chi connectivity index (χ4v) is 4.25. The van der Waals surface area contributed by atoms with Crippen molar-refractivity contribution in [2.75, 3.05) is 11.9 Å². The van der Waals surface area contributed by atoms with Gasteiger partial charge < -0.3 is 10.2 Å². The molecule has 0 spiro atoms. The Morgan fingerprint density at radius 1 is 0.968 bits per heavy atom. The van der Waals surface area contributed by atoms with Gasteiger partial charge in [-0.25, -0.2) is 4.79 Å². The van der Waals surface area contributed by atoms with Gasteiger partial charge in [-0.1, -0.05) is 82.3 Å². The van der Waals surface area contributed by atoms with E-state index < -0.39 is 0 Å². The van der Waals surface area contributed by atoms with Crippen LogP contribution in [-0.4, -0.2) is 17.5 Å². The van der Waals surface area contributed by atoms with Gasteiger partial charge >= 0.3 is 6.03 Å². The molecule has 0 atom stereocenters. The molecule has 2 amide bonds. The largest absolute Gasteiger partial charge is 0.322 e. The SMILES string of the molecule is CCCCCCCN(Cc1ccc(CC(C)C)cc1)C(=O)Nc1c(C)cc(Cl)cc1C. The molecule has 0 bridgehead atoms. The van der Waals surface area contributed by atoms with Crippen LogP contribution in [0.25, 0.3) is 0 Å². The minimum Gasteiger partial charge on any atom is -0.320 e. The summed E-state index contributed by atoms with van der Waals surface area (Å²) in [5.41, 5.74) is 5.35. The van der Waals surface area contributed by atoms with Crippen molar-refractivity contribution in [1.29, 1.82) is 0 Å². The summed E-state index contributed by atoms with van der Waals surface area (Å²) in [4.78, 5) is 15.2. The van der Waals surface area contributed by atoms with Gasteiger partial charge in [-0.3, -0.25) is 0 Å². The highest BCUT2D eigenvalue weighted by atomic mass is 35.5. The number of nitrogens with one attached hydrogen (secondary N) is 1. The number of hydrogen-bond acceptors (Lipinski definition) is 1. The van der Waals surface area contributed by atoms with E-state index in [1.54, 1.807) is 0 Å². The smallest absolute Gasteiger partial charge is 0.320 e. The number of rotatable bonds is 11. The van der Waals surface area contributed by atoms with E-state index in [2.05, 4.69) is 50.4 Å². The predicted octanol–water partition coefficient (Wildman–Crippen LogP) is 8.16. The summed E-state index contributed by atoms with van der Waals surface area (Å²) in [5.74, 6) is 0.641. The third-order valence-electron chi connectivity index (χ3n) is 5.59. The van der Waals surface area contributed by atoms with Crippen LogP contribution in [0.15, 0.2) is 36.4 Å². The van der Waals surface area contributed by atoms with Crippen LogP contribution >= 0.6 is 11.6 Å². The summed E-state index contributed by atoms with van der Waals surface area (Å²) in [7, 11) is 0. The first kappa shape index (κ1) is 25.3. The maximum atomic E-state index is 13.2. The van der Waals surface area contributed by atoms with Crippen molar-refractivity contribution in [1.82, 2.24) is 4.90 Å². The van der Waals surface area contributed by atoms with Crippen molar-refractivity contribution in [2.24, 2.45) is 5.92 Å². The average Bonchev–Trinajstić information content (AvgIpc) is 2.70. The molecular formula is C27H39ClN2O. The molecule has 2 aromatic rings. The number of unbranched alkanes of at least 4 members (excludes halogenated alkanes) is 4. The van der Waals surface area contributed by atoms with Crippen LogP contribution in [0.3, 0.4) is 0 Å². The summed E-state index contributed by atoms with van der Waals surface area (Å²) in [6.07, 6.45) is 6.97. The van der Waals surface area contributed by atoms with Crippen LogP contribution in [0.2, 0.25) is 5.02 Å². The van der Waals surface area contributed by atoms with E-state index in [9.17, 15) is 4.79 Å². The topological polar surface area (TPSA) is 32.3 Å². The highest BCUT2D eigenvalue weighted by Crippen LogP contribution is 2.25. The molecule has 0 aliphatic carbocycles. The Bertz CT molecular complexity index is 807. The van der Waals surface area contributed by atoms with Gasteiger partial charge in [0.25, 0.3) is 0 Å². The molecule has 0 aromatic heterocycles. The normalized spacial score (nSPS) is 11.1. The minimum atomic E-state index is -0.0460. The summed E-state index contributed by atoms with van der Waals surface area (Å²) in [6, 6.07) is 12.5. The highest BCUT2D eigenvalue weighted by molar-refractivity contribution is 6.30. The number of benzene rings is 2. The molecule has 1 N–H and O–H groups in total. The van der Waals surface area contributed by atoms with E-state index in [0.29, 0.717) is 17.5 Å². The second kappa shape index (κ2) is 12.8. The number of anilines is 1. The Morgan fingerprint density at radius 3 is 2.13 bits per heavy atom. The second-order valence-corrected chi connectivity index (χ2v) is 9.53. The molecule has 2 aromatic carbocycles. The number of carbonyl (C=O) groups is 1. The lowest BCUT2D eigenvalue weighted by molar-refractivity contribution is 0.207. The lowest BCUT2D eigenvalue weighted by atomic mass is 10.0. The monoisotopic (exact) mass is 442 g/mol. The van der Waals surface area contributed by atoms with Crippen LogP contribution in [0.4, 0.5) is 10.5 Å². The van der Waals surface area contributed by atoms with Crippen LogP contribution < -0.4 is 5.32 Å². The molecule has 0 aliphatic heterocycles. The van der Waals surface area contributed by atoms with E-state index in [1.165, 1.54) is 30.4 Å². The lowest BCUT2D eigenvalue weighted by Crippen LogP contribution is -2.35. The molecule has 3 nitrogen and oxygen atoms in total. The first-order chi connectivity index (χ1) is 14.8. The molecule has 0 saturated heterocycles. The van der Waals surface area contributed by atoms with Gasteiger partial charge in [0.1, 0.15) is 0 Å². The van der Waals surface area contributed by atoms with Gasteiger partial charge in [0, 0.05) is 23.8 Å². The molecular weight excluding hydrogens is 404 g/mol. The predicted molar refractivity (Wildman–Crippen MR) is 134 cm³/mol. The fraction of sp³-hybridized carbons (Fsp3) is 0.519. The molecule has 4 heteroatoms. The maximum Gasteiger partial charge on any atom is 0.322 e. The zero-order valence-corrected chi connectivity index (χ0v) is 20.7. The molecule has 0 heterocycles. The van der Waals surface area contributed by atoms with Gasteiger partial charge in [-0.2, -0.15) is 0 Å². The van der Waals surface area contributed by atoms with Gasteiger partial charge in [-0.05, 0) is 67.0 Å². The number of hydrogen-bond donors (Lipinski definition) is 1. The second-order valence-electron chi connectivity index (χ2n) is 9.09. The molecule has 2 rings (SSSR count). The number of amides is 2. The summed E-state index contributed by atoms with van der Waals surface area (Å²) in [5, 5.41) is 3.84. The zero-order valence-electron chi connectivity index (χ0n) is 19.9. The number of aryl methyl sites for hydroxylation is 2. The van der Waals surface area contributed by atoms with Crippen LogP contribution in [-0.2, 0) is 13.0 Å². The Kier molecular flexibility index (Phi) is 10.4. The highest BCUT2D eigenvalue weighted by Gasteiger charge is 2.16. The van der Waals surface area contributed by atoms with Crippen molar-refractivity contribution >= 4 is 23.3 Å². The van der Waals surface area contributed by atoms with Crippen molar-refractivity contribution < 1.29 is 4.79 Å². The fourth-order valence-electron chi connectivity index (χ4n) is 3.92. The van der Waals surface area contributed by atoms with Crippen LogP contribution in [0.1, 0.15) is 75.1 Å². The van der Waals surface area contributed by atoms with Gasteiger partial charge in [0.05, 0.1) is 0 Å². The Labute approximate surface area is 194 Å². The van der Waals surface area contributed by atoms with E-state index >= 15 is 0 Å². The molecule has 0 aliphatic rings. The molecule has 0 saturated carbocycles. The van der Waals surface area contributed by atoms with E-state index in [4.69, 9.17) is 11.6 Å². The van der Waals surface area contributed by atoms with Gasteiger partial charge in [-0.15, -0.1) is 0 Å². The van der Waals surface area contributed by atoms with Gasteiger partial charge in [0.2, 0.25) is 0 Å². The first-order valence-electron chi connectivity index (χ1n) is 11.7. The Hall–Kier alpha value is -2.00. The number of halogens is 1. The third kappa shape index (κ3) is 8.57. The average molecular weight is 443 g/mol. The molecule has 31 heavy (non-hydrogen) atoms. The zero-order chi connectivity index (χ0) is 22.8. The molecule has 0 fully saturated rings. The number of urea groups is 1. The van der Waals surface area contributed by atoms with E-state index in [-0.39, 0.29) is 6.03 Å². The van der Waals surface area contributed by atoms with Crippen LogP contribution in [0, 0.1) is 19.8 Å². The maximum absolute atomic E-state index is 13.2. The summed E-state index contributed by atoms with van der Waals surface area (Å²) in [6.45, 7) is 12.0. The standard InChI is InChI=1S/C27H39ClN2O/c1-6-7-8-9-10-15-30(19-24-13-11-23(12-14-24)16-20(2)3)27(31)29-26-21(4)17-25(28)18-22(26)5/h11-14,17-18,20H,6-10,15-16,19H2,1-5H3,(H,29,31). The Morgan fingerprint density at radius 2 is 1.55 bits per heavy atom. The van der Waals surface area contributed by atoms with Crippen LogP contribution in [0.5, 0.6) is 0 Å². The van der Waals surface area contributed by atoms with Crippen molar-refractivity contribution in [3.63, 3.8) is 0 Å². The molecule has 0 unspecified atom stereocenters. The minimum absolute atomic E-state index is 0.0460. The summed E-state index contributed by atoms with van der Waals surface area (Å²) >= 11 is 6.16. The third-order valence-corrected chi connectivity index (χ3v) is 5.81. The summed E-state index contributed by atoms with van der Waals surface area (Å²) < 4.78 is 0. The lowest BCUT2D eigenvalue weighted by Gasteiger charge is -2.25. The van der Waals surface area contributed by atoms with Crippen molar-refractivity contribution in [3.8, 4) is 0 Å². The molecule has 170 valence electrons. The number of carbonyl (C=O) groups excluding carboxylic acids is 1.